The molecule has 1 amide bonds. The van der Waals surface area contributed by atoms with Crippen LogP contribution in [0.4, 0.5) is 0 Å². The van der Waals surface area contributed by atoms with Crippen LogP contribution in [0.15, 0.2) is 12.2 Å². The molecule has 0 saturated heterocycles. The molecule has 6 heteroatoms. The van der Waals surface area contributed by atoms with Gasteiger partial charge in [-0.25, -0.2) is 0 Å². The second-order valence-electron chi connectivity index (χ2n) is 22.8. The third-order valence-electron chi connectivity index (χ3n) is 15.6. The van der Waals surface area contributed by atoms with Crippen molar-refractivity contribution in [3.63, 3.8) is 0 Å². The zero-order chi connectivity index (χ0) is 52.2. The van der Waals surface area contributed by atoms with Crippen molar-refractivity contribution in [1.29, 1.82) is 0 Å². The number of rotatable bonds is 62. The fourth-order valence-electron chi connectivity index (χ4n) is 10.5. The van der Waals surface area contributed by atoms with Crippen molar-refractivity contribution in [2.75, 3.05) is 13.2 Å². The Hall–Kier alpha value is -1.40. The molecular weight excluding hydrogens is 887 g/mol. The lowest BCUT2D eigenvalue weighted by atomic mass is 10.0. The van der Waals surface area contributed by atoms with Crippen LogP contribution in [0.5, 0.6) is 0 Å². The molecule has 0 aromatic carbocycles. The number of amides is 1. The molecule has 0 heterocycles. The lowest BCUT2D eigenvalue weighted by Crippen LogP contribution is -2.45. The summed E-state index contributed by atoms with van der Waals surface area (Å²) in [6.07, 6.45) is 75.2. The van der Waals surface area contributed by atoms with E-state index < -0.39 is 12.1 Å². The highest BCUT2D eigenvalue weighted by Crippen LogP contribution is 2.19. The van der Waals surface area contributed by atoms with Gasteiger partial charge in [0, 0.05) is 12.8 Å². The summed E-state index contributed by atoms with van der Waals surface area (Å²) < 4.78 is 5.50. The van der Waals surface area contributed by atoms with Gasteiger partial charge in [-0.3, -0.25) is 9.59 Å². The summed E-state index contributed by atoms with van der Waals surface area (Å²) in [5.41, 5.74) is 0. The lowest BCUT2D eigenvalue weighted by Gasteiger charge is -2.22. The van der Waals surface area contributed by atoms with Crippen molar-refractivity contribution in [2.24, 2.45) is 0 Å². The molecule has 0 aromatic rings. The minimum atomic E-state index is -0.662. The van der Waals surface area contributed by atoms with E-state index in [1.165, 1.54) is 295 Å². The summed E-state index contributed by atoms with van der Waals surface area (Å²) in [5, 5.41) is 23.3. The van der Waals surface area contributed by atoms with Crippen molar-refractivity contribution in [3.05, 3.63) is 12.2 Å². The van der Waals surface area contributed by atoms with E-state index in [1.807, 2.05) is 0 Å². The largest absolute Gasteiger partial charge is 0.466 e. The quantitative estimate of drug-likeness (QED) is 0.0320. The van der Waals surface area contributed by atoms with E-state index in [-0.39, 0.29) is 18.5 Å². The van der Waals surface area contributed by atoms with Crippen LogP contribution < -0.4 is 5.32 Å². The van der Waals surface area contributed by atoms with Crippen LogP contribution >= 0.6 is 0 Å². The van der Waals surface area contributed by atoms with E-state index in [4.69, 9.17) is 4.74 Å². The normalized spacial score (nSPS) is 12.6. The number of carbonyl (C=O) groups excluding carboxylic acids is 2. The Labute approximate surface area is 450 Å². The van der Waals surface area contributed by atoms with Crippen molar-refractivity contribution in [1.82, 2.24) is 5.32 Å². The van der Waals surface area contributed by atoms with Crippen molar-refractivity contribution in [3.8, 4) is 0 Å². The minimum Gasteiger partial charge on any atom is -0.466 e. The smallest absolute Gasteiger partial charge is 0.305 e. The van der Waals surface area contributed by atoms with E-state index >= 15 is 0 Å². The van der Waals surface area contributed by atoms with E-state index in [2.05, 4.69) is 31.3 Å². The molecule has 0 bridgehead atoms. The second-order valence-corrected chi connectivity index (χ2v) is 22.8. The predicted molar refractivity (Wildman–Crippen MR) is 315 cm³/mol. The standard InChI is InChI=1S/C66H129NO5/c1-3-5-7-9-11-13-15-17-18-19-29-32-36-40-44-48-52-56-60-66(71)72-61-57-53-49-45-41-37-33-30-27-25-23-21-20-22-24-26-28-31-35-39-43-47-51-55-59-65(70)67-63(62-68)64(69)58-54-50-46-42-38-34-16-14-12-10-8-6-4-2/h18-19,63-64,68-69H,3-17,20-62H2,1-2H3,(H,67,70)/b19-18-. The molecule has 0 aromatic heterocycles. The fourth-order valence-corrected chi connectivity index (χ4v) is 10.5. The number of unbranched alkanes of at least 4 members (excludes halogenated alkanes) is 49. The molecule has 0 radical (unpaired) electrons. The molecule has 0 aliphatic rings. The molecular formula is C66H129NO5. The average molecular weight is 1020 g/mol. The van der Waals surface area contributed by atoms with Crippen LogP contribution in [0.1, 0.15) is 373 Å². The molecule has 72 heavy (non-hydrogen) atoms. The Morgan fingerprint density at radius 2 is 0.653 bits per heavy atom. The van der Waals surface area contributed by atoms with Gasteiger partial charge in [-0.2, -0.15) is 0 Å². The van der Waals surface area contributed by atoms with Crippen LogP contribution in [-0.4, -0.2) is 47.4 Å². The summed E-state index contributed by atoms with van der Waals surface area (Å²) in [6, 6.07) is -0.539. The van der Waals surface area contributed by atoms with Gasteiger partial charge in [0.1, 0.15) is 0 Å². The lowest BCUT2D eigenvalue weighted by molar-refractivity contribution is -0.143. The summed E-state index contributed by atoms with van der Waals surface area (Å²) in [7, 11) is 0. The zero-order valence-electron chi connectivity index (χ0n) is 48.9. The fraction of sp³-hybridized carbons (Fsp3) is 0.939. The van der Waals surface area contributed by atoms with Crippen molar-refractivity contribution in [2.45, 2.75) is 386 Å². The highest BCUT2D eigenvalue weighted by atomic mass is 16.5. The number of hydrogen-bond donors (Lipinski definition) is 3. The summed E-state index contributed by atoms with van der Waals surface area (Å²) in [5.74, 6) is -0.0184. The van der Waals surface area contributed by atoms with Gasteiger partial charge in [0.05, 0.1) is 25.4 Å². The molecule has 0 rings (SSSR count). The van der Waals surface area contributed by atoms with Gasteiger partial charge in [-0.15, -0.1) is 0 Å². The van der Waals surface area contributed by atoms with Gasteiger partial charge in [0.2, 0.25) is 5.91 Å². The number of esters is 1. The molecule has 3 N–H and O–H groups in total. The monoisotopic (exact) mass is 1020 g/mol. The van der Waals surface area contributed by atoms with Gasteiger partial charge in [0.15, 0.2) is 0 Å². The zero-order valence-corrected chi connectivity index (χ0v) is 48.9. The Balaban J connectivity index is 3.34. The highest BCUT2D eigenvalue weighted by Gasteiger charge is 2.20. The topological polar surface area (TPSA) is 95.9 Å². The van der Waals surface area contributed by atoms with Crippen LogP contribution in [0.2, 0.25) is 0 Å². The van der Waals surface area contributed by atoms with Gasteiger partial charge in [0.25, 0.3) is 0 Å². The number of ether oxygens (including phenoxy) is 1. The molecule has 6 nitrogen and oxygen atoms in total. The molecule has 0 aliphatic carbocycles. The number of aliphatic hydroxyl groups excluding tert-OH is 2. The first-order chi connectivity index (χ1) is 35.5. The Morgan fingerprint density at radius 1 is 0.375 bits per heavy atom. The number of carbonyl (C=O) groups is 2. The van der Waals surface area contributed by atoms with Crippen LogP contribution in [0.25, 0.3) is 0 Å². The van der Waals surface area contributed by atoms with E-state index in [1.54, 1.807) is 0 Å². The molecule has 2 atom stereocenters. The maximum absolute atomic E-state index is 12.5. The Kier molecular flexibility index (Phi) is 60.9. The first-order valence-corrected chi connectivity index (χ1v) is 32.9. The summed E-state index contributed by atoms with van der Waals surface area (Å²) >= 11 is 0. The van der Waals surface area contributed by atoms with Crippen LogP contribution in [0, 0.1) is 0 Å². The average Bonchev–Trinajstić information content (AvgIpc) is 3.38. The van der Waals surface area contributed by atoms with E-state index in [0.717, 1.165) is 44.9 Å². The second kappa shape index (κ2) is 62.1. The Morgan fingerprint density at radius 3 is 0.986 bits per heavy atom. The minimum absolute atomic E-state index is 0.0134. The SMILES string of the molecule is CCCCCCCCC/C=C\CCCCCCCCCC(=O)OCCCCCCCCCCCCCCCCCCCCCCCCCCC(=O)NC(CO)C(O)CCCCCCCCCCCCCCC. The van der Waals surface area contributed by atoms with Gasteiger partial charge in [-0.1, -0.05) is 321 Å². The third-order valence-corrected chi connectivity index (χ3v) is 15.6. The predicted octanol–water partition coefficient (Wildman–Crippen LogP) is 20.8. The molecule has 0 spiro atoms. The maximum atomic E-state index is 12.5. The highest BCUT2D eigenvalue weighted by molar-refractivity contribution is 5.76. The number of nitrogens with one attached hydrogen (secondary N) is 1. The molecule has 0 saturated carbocycles. The first kappa shape index (κ1) is 70.6. The van der Waals surface area contributed by atoms with E-state index in [0.29, 0.717) is 25.9 Å². The number of allylic oxidation sites excluding steroid dienone is 2. The van der Waals surface area contributed by atoms with E-state index in [9.17, 15) is 19.8 Å². The summed E-state index contributed by atoms with van der Waals surface area (Å²) in [4.78, 5) is 24.6. The van der Waals surface area contributed by atoms with Gasteiger partial charge in [-0.05, 0) is 51.4 Å². The number of aliphatic hydroxyl groups is 2. The maximum Gasteiger partial charge on any atom is 0.305 e. The first-order valence-electron chi connectivity index (χ1n) is 32.9. The van der Waals surface area contributed by atoms with Crippen molar-refractivity contribution >= 4 is 11.9 Å². The Bertz CT molecular complexity index is 1080. The van der Waals surface area contributed by atoms with Crippen LogP contribution in [0.3, 0.4) is 0 Å². The van der Waals surface area contributed by atoms with Crippen LogP contribution in [-0.2, 0) is 14.3 Å². The molecule has 0 aliphatic heterocycles. The van der Waals surface area contributed by atoms with Crippen molar-refractivity contribution < 1.29 is 24.5 Å². The summed E-state index contributed by atoms with van der Waals surface area (Å²) in [6.45, 7) is 4.98. The molecule has 2 unspecified atom stereocenters. The third kappa shape index (κ3) is 57.9. The van der Waals surface area contributed by atoms with Gasteiger partial charge >= 0.3 is 5.97 Å². The molecule has 428 valence electrons. The van der Waals surface area contributed by atoms with Gasteiger partial charge < -0.3 is 20.3 Å². The molecule has 0 fully saturated rings. The number of hydrogen-bond acceptors (Lipinski definition) is 5.